The van der Waals surface area contributed by atoms with Crippen molar-refractivity contribution in [3.63, 3.8) is 0 Å². The molecule has 1 aromatic heterocycles. The molecular weight excluding hydrogens is 598 g/mol. The van der Waals surface area contributed by atoms with Crippen molar-refractivity contribution in [2.45, 2.75) is 63.3 Å². The first kappa shape index (κ1) is 32.8. The van der Waals surface area contributed by atoms with E-state index >= 15 is 0 Å². The van der Waals surface area contributed by atoms with E-state index in [4.69, 9.17) is 4.42 Å². The molecule has 0 aliphatic carbocycles. The number of benzene rings is 3. The average molecular weight is 640 g/mol. The van der Waals surface area contributed by atoms with Crippen molar-refractivity contribution in [1.82, 2.24) is 21.3 Å². The molecular formula is C36H41N5O4S. The summed E-state index contributed by atoms with van der Waals surface area (Å²) >= 11 is 1.58. The first-order valence-electron chi connectivity index (χ1n) is 15.5. The van der Waals surface area contributed by atoms with Gasteiger partial charge in [0.1, 0.15) is 11.8 Å². The highest BCUT2D eigenvalue weighted by Gasteiger charge is 2.33. The predicted octanol–water partition coefficient (Wildman–Crippen LogP) is 5.85. The first-order valence-corrected chi connectivity index (χ1v) is 16.5. The zero-order valence-electron chi connectivity index (χ0n) is 26.5. The van der Waals surface area contributed by atoms with Gasteiger partial charge in [-0.2, -0.15) is 0 Å². The topological polar surface area (TPSA) is 116 Å². The van der Waals surface area contributed by atoms with Gasteiger partial charge in [0.05, 0.1) is 25.0 Å². The van der Waals surface area contributed by atoms with Crippen LogP contribution in [0.1, 0.15) is 44.1 Å². The normalized spacial score (nSPS) is 14.7. The molecule has 1 aliphatic heterocycles. The van der Waals surface area contributed by atoms with Crippen LogP contribution in [0.2, 0.25) is 0 Å². The number of fused-ring (bicyclic) bond motifs is 1. The van der Waals surface area contributed by atoms with E-state index in [-0.39, 0.29) is 24.3 Å². The Bertz CT molecular complexity index is 1640. The average Bonchev–Trinajstić information content (AvgIpc) is 3.54. The SMILES string of the molecule is CCNC(=O)NCc1ccccc1-c1ccc(CN2C(=O)[C@H](NC(=O)CC(C)(C)NCc3ccco3)CSc3ccccc32)cc1. The molecule has 3 aromatic carbocycles. The molecule has 5 rings (SSSR count). The molecule has 0 unspecified atom stereocenters. The number of para-hydroxylation sites is 1. The van der Waals surface area contributed by atoms with Crippen molar-refractivity contribution >= 4 is 35.3 Å². The highest BCUT2D eigenvalue weighted by Crippen LogP contribution is 2.35. The number of hydrogen-bond acceptors (Lipinski definition) is 6. The Labute approximate surface area is 274 Å². The van der Waals surface area contributed by atoms with Crippen molar-refractivity contribution in [3.8, 4) is 11.1 Å². The Kier molecular flexibility index (Phi) is 10.8. The van der Waals surface area contributed by atoms with Gasteiger partial charge in [-0.05, 0) is 67.3 Å². The van der Waals surface area contributed by atoms with Crippen LogP contribution in [0.5, 0.6) is 0 Å². The van der Waals surface area contributed by atoms with Gasteiger partial charge >= 0.3 is 6.03 Å². The molecule has 9 nitrogen and oxygen atoms in total. The lowest BCUT2D eigenvalue weighted by Crippen LogP contribution is -2.51. The third-order valence-electron chi connectivity index (χ3n) is 7.78. The summed E-state index contributed by atoms with van der Waals surface area (Å²) < 4.78 is 5.40. The number of amides is 4. The van der Waals surface area contributed by atoms with E-state index in [1.165, 1.54) is 0 Å². The van der Waals surface area contributed by atoms with Gasteiger partial charge in [0.15, 0.2) is 0 Å². The summed E-state index contributed by atoms with van der Waals surface area (Å²) in [4.78, 5) is 42.0. The maximum absolute atomic E-state index is 14.0. The minimum Gasteiger partial charge on any atom is -0.468 e. The van der Waals surface area contributed by atoms with Gasteiger partial charge in [-0.15, -0.1) is 11.8 Å². The van der Waals surface area contributed by atoms with Crippen molar-refractivity contribution in [2.24, 2.45) is 0 Å². The van der Waals surface area contributed by atoms with Crippen molar-refractivity contribution < 1.29 is 18.8 Å². The van der Waals surface area contributed by atoms with Gasteiger partial charge in [-0.3, -0.25) is 9.59 Å². The molecule has 10 heteroatoms. The Hall–Kier alpha value is -4.54. The summed E-state index contributed by atoms with van der Waals surface area (Å²) in [6.45, 7) is 7.64. The summed E-state index contributed by atoms with van der Waals surface area (Å²) in [5, 5.41) is 12.1. The van der Waals surface area contributed by atoms with Crippen LogP contribution in [0.15, 0.2) is 101 Å². The molecule has 4 amide bonds. The van der Waals surface area contributed by atoms with E-state index in [2.05, 4.69) is 21.3 Å². The summed E-state index contributed by atoms with van der Waals surface area (Å²) in [5.41, 5.74) is 4.35. The van der Waals surface area contributed by atoms with E-state index in [1.54, 1.807) is 22.9 Å². The van der Waals surface area contributed by atoms with E-state index in [0.29, 0.717) is 31.9 Å². The standard InChI is InChI=1S/C36H41N5O4S/c1-4-37-35(44)38-21-27-10-5-6-12-29(27)26-17-15-25(16-18-26)23-41-31-13-7-8-14-32(31)46-24-30(34(41)43)40-33(42)20-36(2,3)39-22-28-11-9-19-45-28/h5-19,30,39H,4,20-24H2,1-3H3,(H,40,42)(H2,37,38,44)/t30-/m1/s1. The molecule has 0 radical (unpaired) electrons. The van der Waals surface area contributed by atoms with Gasteiger partial charge in [0, 0.05) is 35.7 Å². The van der Waals surface area contributed by atoms with Gasteiger partial charge in [0.2, 0.25) is 5.91 Å². The van der Waals surface area contributed by atoms with Crippen LogP contribution in [0, 0.1) is 0 Å². The third kappa shape index (κ3) is 8.58. The Morgan fingerprint density at radius 2 is 1.70 bits per heavy atom. The molecule has 1 aliphatic rings. The fourth-order valence-electron chi connectivity index (χ4n) is 5.40. The summed E-state index contributed by atoms with van der Waals surface area (Å²) in [6.07, 6.45) is 1.83. The van der Waals surface area contributed by atoms with Gasteiger partial charge < -0.3 is 30.6 Å². The van der Waals surface area contributed by atoms with E-state index in [1.807, 2.05) is 106 Å². The number of hydrogen-bond donors (Lipinski definition) is 4. The number of nitrogens with zero attached hydrogens (tertiary/aromatic N) is 1. The van der Waals surface area contributed by atoms with Gasteiger partial charge in [-0.1, -0.05) is 60.7 Å². The van der Waals surface area contributed by atoms with E-state index in [0.717, 1.165) is 38.6 Å². The number of nitrogens with one attached hydrogen (secondary N) is 4. The monoisotopic (exact) mass is 639 g/mol. The zero-order chi connectivity index (χ0) is 32.5. The van der Waals surface area contributed by atoms with Crippen LogP contribution >= 0.6 is 11.8 Å². The smallest absolute Gasteiger partial charge is 0.315 e. The lowest BCUT2D eigenvalue weighted by Gasteiger charge is -2.28. The lowest BCUT2D eigenvalue weighted by molar-refractivity contribution is -0.127. The molecule has 46 heavy (non-hydrogen) atoms. The number of carbonyl (C=O) groups excluding carboxylic acids is 3. The quantitative estimate of drug-likeness (QED) is 0.155. The highest BCUT2D eigenvalue weighted by atomic mass is 32.2. The number of anilines is 1. The second kappa shape index (κ2) is 15.2. The lowest BCUT2D eigenvalue weighted by atomic mass is 9.98. The van der Waals surface area contributed by atoms with Crippen LogP contribution < -0.4 is 26.2 Å². The minimum atomic E-state index is -0.672. The number of carbonyl (C=O) groups is 3. The van der Waals surface area contributed by atoms with Crippen LogP contribution in [-0.4, -0.2) is 41.7 Å². The molecule has 1 atom stereocenters. The summed E-state index contributed by atoms with van der Waals surface area (Å²) in [6, 6.07) is 26.8. The van der Waals surface area contributed by atoms with Gasteiger partial charge in [-0.25, -0.2) is 4.79 Å². The minimum absolute atomic E-state index is 0.141. The molecule has 0 saturated carbocycles. The maximum atomic E-state index is 14.0. The largest absolute Gasteiger partial charge is 0.468 e. The second-order valence-corrected chi connectivity index (χ2v) is 12.9. The Morgan fingerprint density at radius 1 is 0.935 bits per heavy atom. The maximum Gasteiger partial charge on any atom is 0.315 e. The van der Waals surface area contributed by atoms with Crippen molar-refractivity contribution in [1.29, 1.82) is 0 Å². The fourth-order valence-corrected chi connectivity index (χ4v) is 6.47. The van der Waals surface area contributed by atoms with E-state index in [9.17, 15) is 14.4 Å². The highest BCUT2D eigenvalue weighted by molar-refractivity contribution is 7.99. The summed E-state index contributed by atoms with van der Waals surface area (Å²) in [7, 11) is 0. The Morgan fingerprint density at radius 3 is 2.46 bits per heavy atom. The molecule has 0 saturated heterocycles. The van der Waals surface area contributed by atoms with Crippen LogP contribution in [-0.2, 0) is 29.2 Å². The van der Waals surface area contributed by atoms with Crippen LogP contribution in [0.25, 0.3) is 11.1 Å². The molecule has 0 fully saturated rings. The number of urea groups is 1. The van der Waals surface area contributed by atoms with Crippen LogP contribution in [0.3, 0.4) is 0 Å². The molecule has 0 bridgehead atoms. The number of thioether (sulfide) groups is 1. The first-order chi connectivity index (χ1) is 22.2. The van der Waals surface area contributed by atoms with Gasteiger partial charge in [0.25, 0.3) is 5.91 Å². The van der Waals surface area contributed by atoms with Crippen molar-refractivity contribution in [2.75, 3.05) is 17.2 Å². The number of rotatable bonds is 12. The molecule has 4 N–H and O–H groups in total. The molecule has 4 aromatic rings. The van der Waals surface area contributed by atoms with E-state index < -0.39 is 11.6 Å². The Balaban J connectivity index is 1.28. The zero-order valence-corrected chi connectivity index (χ0v) is 27.3. The third-order valence-corrected chi connectivity index (χ3v) is 8.94. The summed E-state index contributed by atoms with van der Waals surface area (Å²) in [5.74, 6) is 0.908. The molecule has 0 spiro atoms. The molecule has 2 heterocycles. The van der Waals surface area contributed by atoms with Crippen LogP contribution in [0.4, 0.5) is 10.5 Å². The molecule has 240 valence electrons. The van der Waals surface area contributed by atoms with Crippen molar-refractivity contribution in [3.05, 3.63) is 108 Å². The fraction of sp³-hybridized carbons (Fsp3) is 0.306. The second-order valence-electron chi connectivity index (χ2n) is 11.9. The predicted molar refractivity (Wildman–Crippen MR) is 182 cm³/mol. The number of furan rings is 1.